The van der Waals surface area contributed by atoms with Gasteiger partial charge in [-0.1, -0.05) is 23.9 Å². The lowest BCUT2D eigenvalue weighted by atomic mass is 10.2. The predicted octanol–water partition coefficient (Wildman–Crippen LogP) is 4.62. The number of ether oxygens (including phenoxy) is 2. The number of hydrogen-bond acceptors (Lipinski definition) is 8. The van der Waals surface area contributed by atoms with Gasteiger partial charge in [0.05, 0.1) is 29.8 Å². The number of piperazine rings is 1. The zero-order valence-electron chi connectivity index (χ0n) is 20.4. The number of rotatable bonds is 10. The fourth-order valence-electron chi connectivity index (χ4n) is 3.89. The van der Waals surface area contributed by atoms with E-state index in [4.69, 9.17) is 26.1 Å². The van der Waals surface area contributed by atoms with Gasteiger partial charge in [-0.2, -0.15) is 10.2 Å². The highest BCUT2D eigenvalue weighted by atomic mass is 32.2. The van der Waals surface area contributed by atoms with Gasteiger partial charge in [0.2, 0.25) is 11.8 Å². The molecule has 0 N–H and O–H groups in total. The van der Waals surface area contributed by atoms with Crippen LogP contribution in [0.3, 0.4) is 0 Å². The Labute approximate surface area is 217 Å². The van der Waals surface area contributed by atoms with Crippen LogP contribution in [0.2, 0.25) is 0 Å². The second-order valence-corrected chi connectivity index (χ2v) is 9.47. The van der Waals surface area contributed by atoms with E-state index in [2.05, 4.69) is 26.8 Å². The first-order valence-corrected chi connectivity index (χ1v) is 12.7. The Bertz CT molecular complexity index is 1230. The molecule has 2 heterocycles. The van der Waals surface area contributed by atoms with Crippen molar-refractivity contribution < 1.29 is 9.47 Å². The third-order valence-corrected chi connectivity index (χ3v) is 6.89. The van der Waals surface area contributed by atoms with Crippen LogP contribution in [0.1, 0.15) is 24.0 Å². The largest absolute Gasteiger partial charge is 0.497 e. The average molecular weight is 500 g/mol. The van der Waals surface area contributed by atoms with E-state index in [0.29, 0.717) is 24.0 Å². The number of nitriles is 1. The van der Waals surface area contributed by atoms with Gasteiger partial charge in [0, 0.05) is 37.5 Å². The molecule has 1 saturated heterocycles. The Morgan fingerprint density at radius 3 is 2.64 bits per heavy atom. The van der Waals surface area contributed by atoms with E-state index >= 15 is 0 Å². The molecule has 0 amide bonds. The average Bonchev–Trinajstić information content (AvgIpc) is 2.93. The standard InChI is InChI=1S/C28H29N5O2S/c1-3-4-5-13-32-14-16-33(17-15-32)28-30-20-26(36-25-11-9-22(19-29)10-12-25)27(31-28)35-21-23-7-6-8-24(18-23)34-2/h1,6-12,18,20H,4-5,13-17,21H2,2H3. The molecule has 0 spiro atoms. The van der Waals surface area contributed by atoms with Crippen LogP contribution < -0.4 is 14.4 Å². The van der Waals surface area contributed by atoms with Gasteiger partial charge >= 0.3 is 0 Å². The Hall–Kier alpha value is -3.72. The zero-order chi connectivity index (χ0) is 25.2. The summed E-state index contributed by atoms with van der Waals surface area (Å²) in [6.07, 6.45) is 9.04. The highest BCUT2D eigenvalue weighted by Gasteiger charge is 2.21. The maximum atomic E-state index is 9.08. The number of terminal acetylenes is 1. The molecule has 0 unspecified atom stereocenters. The maximum absolute atomic E-state index is 9.08. The predicted molar refractivity (Wildman–Crippen MR) is 141 cm³/mol. The molecular weight excluding hydrogens is 470 g/mol. The van der Waals surface area contributed by atoms with E-state index in [1.165, 1.54) is 11.8 Å². The van der Waals surface area contributed by atoms with Crippen molar-refractivity contribution in [3.63, 3.8) is 0 Å². The summed E-state index contributed by atoms with van der Waals surface area (Å²) < 4.78 is 11.6. The summed E-state index contributed by atoms with van der Waals surface area (Å²) in [6, 6.07) is 17.4. The fraction of sp³-hybridized carbons (Fsp3) is 0.321. The third-order valence-electron chi connectivity index (χ3n) is 5.88. The summed E-state index contributed by atoms with van der Waals surface area (Å²) in [4.78, 5) is 15.9. The molecule has 3 aromatic rings. The van der Waals surface area contributed by atoms with E-state index in [9.17, 15) is 0 Å². The first-order chi connectivity index (χ1) is 17.7. The van der Waals surface area contributed by atoms with Crippen LogP contribution in [-0.4, -0.2) is 54.7 Å². The molecule has 0 radical (unpaired) electrons. The van der Waals surface area contributed by atoms with Crippen molar-refractivity contribution >= 4 is 17.7 Å². The van der Waals surface area contributed by atoms with Crippen LogP contribution >= 0.6 is 11.8 Å². The van der Waals surface area contributed by atoms with Crippen LogP contribution in [0.15, 0.2) is 64.5 Å². The number of anilines is 1. The van der Waals surface area contributed by atoms with E-state index in [0.717, 1.165) is 66.7 Å². The van der Waals surface area contributed by atoms with Crippen LogP contribution in [0.5, 0.6) is 11.6 Å². The van der Waals surface area contributed by atoms with Crippen molar-refractivity contribution in [1.29, 1.82) is 5.26 Å². The minimum absolute atomic E-state index is 0.359. The molecule has 1 aliphatic rings. The van der Waals surface area contributed by atoms with Crippen LogP contribution in [-0.2, 0) is 6.61 Å². The summed E-state index contributed by atoms with van der Waals surface area (Å²) in [5, 5.41) is 9.08. The Morgan fingerprint density at radius 2 is 1.92 bits per heavy atom. The molecule has 8 heteroatoms. The minimum Gasteiger partial charge on any atom is -0.497 e. The van der Waals surface area contributed by atoms with Gasteiger partial charge in [0.15, 0.2) is 0 Å². The molecular formula is C28H29N5O2S. The molecule has 2 aromatic carbocycles. The van der Waals surface area contributed by atoms with E-state index < -0.39 is 0 Å². The van der Waals surface area contributed by atoms with Gasteiger partial charge in [-0.25, -0.2) is 4.98 Å². The van der Waals surface area contributed by atoms with Crippen LogP contribution in [0.25, 0.3) is 0 Å². The normalized spacial score (nSPS) is 13.6. The second-order valence-electron chi connectivity index (χ2n) is 8.35. The van der Waals surface area contributed by atoms with Crippen LogP contribution in [0.4, 0.5) is 5.95 Å². The van der Waals surface area contributed by atoms with Gasteiger partial charge < -0.3 is 14.4 Å². The van der Waals surface area contributed by atoms with Gasteiger partial charge in [-0.05, 0) is 54.9 Å². The number of unbranched alkanes of at least 4 members (excludes halogenated alkanes) is 1. The lowest BCUT2D eigenvalue weighted by Gasteiger charge is -2.34. The Kier molecular flexibility index (Phi) is 9.04. The third kappa shape index (κ3) is 6.91. The van der Waals surface area contributed by atoms with Crippen LogP contribution in [0, 0.1) is 23.7 Å². The first kappa shape index (κ1) is 25.4. The quantitative estimate of drug-likeness (QED) is 0.295. The molecule has 36 heavy (non-hydrogen) atoms. The van der Waals surface area contributed by atoms with Crippen molar-refractivity contribution in [3.05, 3.63) is 65.9 Å². The van der Waals surface area contributed by atoms with Gasteiger partial charge in [0.25, 0.3) is 0 Å². The topological polar surface area (TPSA) is 74.5 Å². The zero-order valence-corrected chi connectivity index (χ0v) is 21.2. The molecule has 1 fully saturated rings. The van der Waals surface area contributed by atoms with Gasteiger partial charge in [0.1, 0.15) is 12.4 Å². The van der Waals surface area contributed by atoms with Crippen molar-refractivity contribution in [2.75, 3.05) is 44.7 Å². The molecule has 0 saturated carbocycles. The van der Waals surface area contributed by atoms with Crippen molar-refractivity contribution in [3.8, 4) is 30.0 Å². The minimum atomic E-state index is 0.359. The first-order valence-electron chi connectivity index (χ1n) is 11.9. The Balaban J connectivity index is 1.50. The summed E-state index contributed by atoms with van der Waals surface area (Å²) in [6.45, 7) is 5.00. The van der Waals surface area contributed by atoms with E-state index in [-0.39, 0.29) is 0 Å². The molecule has 4 rings (SSSR count). The fourth-order valence-corrected chi connectivity index (χ4v) is 4.71. The molecule has 0 aliphatic carbocycles. The highest BCUT2D eigenvalue weighted by Crippen LogP contribution is 2.35. The molecule has 7 nitrogen and oxygen atoms in total. The number of aromatic nitrogens is 2. The molecule has 184 valence electrons. The summed E-state index contributed by atoms with van der Waals surface area (Å²) in [5.41, 5.74) is 1.61. The van der Waals surface area contributed by atoms with Crippen molar-refractivity contribution in [2.45, 2.75) is 29.2 Å². The lowest BCUT2D eigenvalue weighted by Crippen LogP contribution is -2.47. The lowest BCUT2D eigenvalue weighted by molar-refractivity contribution is 0.253. The molecule has 1 aliphatic heterocycles. The maximum Gasteiger partial charge on any atom is 0.232 e. The SMILES string of the molecule is C#CCCCN1CCN(c2ncc(Sc3ccc(C#N)cc3)c(OCc3cccc(OC)c3)n2)CC1. The molecule has 1 aromatic heterocycles. The smallest absolute Gasteiger partial charge is 0.232 e. The highest BCUT2D eigenvalue weighted by molar-refractivity contribution is 7.99. The number of nitrogens with zero attached hydrogens (tertiary/aromatic N) is 5. The second kappa shape index (κ2) is 12.8. The summed E-state index contributed by atoms with van der Waals surface area (Å²) >= 11 is 1.52. The molecule has 0 bridgehead atoms. The number of hydrogen-bond donors (Lipinski definition) is 0. The number of benzene rings is 2. The van der Waals surface area contributed by atoms with E-state index in [1.54, 1.807) is 19.2 Å². The van der Waals surface area contributed by atoms with E-state index in [1.807, 2.05) is 42.6 Å². The molecule has 0 atom stereocenters. The number of methoxy groups -OCH3 is 1. The summed E-state index contributed by atoms with van der Waals surface area (Å²) in [5.74, 6) is 4.70. The van der Waals surface area contributed by atoms with Gasteiger partial charge in [-0.3, -0.25) is 4.90 Å². The van der Waals surface area contributed by atoms with Crippen molar-refractivity contribution in [2.24, 2.45) is 0 Å². The van der Waals surface area contributed by atoms with Gasteiger partial charge in [-0.15, -0.1) is 12.3 Å². The van der Waals surface area contributed by atoms with Crippen molar-refractivity contribution in [1.82, 2.24) is 14.9 Å². The Morgan fingerprint density at radius 1 is 1.11 bits per heavy atom. The monoisotopic (exact) mass is 499 g/mol. The summed E-state index contributed by atoms with van der Waals surface area (Å²) in [7, 11) is 1.65.